The van der Waals surface area contributed by atoms with Gasteiger partial charge >= 0.3 is 0 Å². The molecule has 7 nitrogen and oxygen atoms in total. The summed E-state index contributed by atoms with van der Waals surface area (Å²) in [6.45, 7) is 51.0. The summed E-state index contributed by atoms with van der Waals surface area (Å²) in [5.41, 5.74) is 9.59. The van der Waals surface area contributed by atoms with Crippen molar-refractivity contribution in [3.8, 4) is 0 Å². The van der Waals surface area contributed by atoms with E-state index in [-0.39, 0.29) is 27.1 Å². The van der Waals surface area contributed by atoms with Gasteiger partial charge in [-0.1, -0.05) is 143 Å². The Balaban J connectivity index is 0.000000350. The predicted molar refractivity (Wildman–Crippen MR) is 246 cm³/mol. The molecule has 1 aliphatic heterocycles. The molecule has 0 aliphatic carbocycles. The first-order valence-electron chi connectivity index (χ1n) is 19.0. The summed E-state index contributed by atoms with van der Waals surface area (Å²) in [5, 5.41) is 0. The van der Waals surface area contributed by atoms with Crippen LogP contribution in [0.3, 0.4) is 0 Å². The topological polar surface area (TPSA) is 92.8 Å². The standard InChI is InChI=1S/C11H15N.C10H15N.C9H14N2.C9H13NO.C9H13NS/c1-5-10-8-9(6-7-12-10)11(2,3)4;1-5-9-8(6-7-11-9)10(2,3)4;2*1-5-7-8(9(2,3)4)11-6-10-7;1-5-7-6-10-11-8(7)9(2,3)4/h5-8H,1H2,2-4H3;5,7H,1,6H2,2-4H3;5-6H,1H2,2-4H3,(H,10,11);2*5-6H,1H2,2-4H3. The molecule has 56 heavy (non-hydrogen) atoms. The lowest BCUT2D eigenvalue weighted by atomic mass is 9.84. The van der Waals surface area contributed by atoms with E-state index in [0.29, 0.717) is 0 Å². The smallest absolute Gasteiger partial charge is 0.181 e. The van der Waals surface area contributed by atoms with E-state index in [1.165, 1.54) is 28.0 Å². The van der Waals surface area contributed by atoms with Gasteiger partial charge in [-0.3, -0.25) is 9.98 Å². The number of hydrogen-bond acceptors (Lipinski definition) is 7. The fraction of sp³-hybridized carbons (Fsp3) is 0.438. The van der Waals surface area contributed by atoms with Gasteiger partial charge in [0.1, 0.15) is 11.5 Å². The van der Waals surface area contributed by atoms with Gasteiger partial charge < -0.3 is 9.40 Å². The number of allylic oxidation sites excluding steroid dienone is 2. The van der Waals surface area contributed by atoms with E-state index in [9.17, 15) is 0 Å². The summed E-state index contributed by atoms with van der Waals surface area (Å²) < 4.78 is 9.37. The van der Waals surface area contributed by atoms with E-state index >= 15 is 0 Å². The third-order valence-corrected chi connectivity index (χ3v) is 9.61. The predicted octanol–water partition coefficient (Wildman–Crippen LogP) is 14.0. The summed E-state index contributed by atoms with van der Waals surface area (Å²) in [4.78, 5) is 21.0. The number of hydrogen-bond donors (Lipinski definition) is 1. The molecule has 0 spiro atoms. The first-order valence-corrected chi connectivity index (χ1v) is 19.8. The van der Waals surface area contributed by atoms with Crippen molar-refractivity contribution < 1.29 is 4.42 Å². The van der Waals surface area contributed by atoms with Crippen LogP contribution in [-0.4, -0.2) is 30.5 Å². The van der Waals surface area contributed by atoms with Crippen molar-refractivity contribution in [1.82, 2.24) is 24.3 Å². The van der Waals surface area contributed by atoms with Crippen LogP contribution < -0.4 is 0 Å². The molecular weight excluding hydrogens is 709 g/mol. The van der Waals surface area contributed by atoms with Crippen molar-refractivity contribution >= 4 is 42.1 Å². The van der Waals surface area contributed by atoms with E-state index in [0.717, 1.165) is 40.7 Å². The Bertz CT molecular complexity index is 1800. The summed E-state index contributed by atoms with van der Waals surface area (Å²) in [5.74, 6) is 0.896. The van der Waals surface area contributed by atoms with E-state index in [1.54, 1.807) is 36.1 Å². The maximum absolute atomic E-state index is 5.24. The molecule has 304 valence electrons. The fourth-order valence-electron chi connectivity index (χ4n) is 5.29. The molecule has 0 radical (unpaired) electrons. The van der Waals surface area contributed by atoms with E-state index in [4.69, 9.17) is 4.42 Å². The molecule has 0 saturated heterocycles. The monoisotopic (exact) mass is 779 g/mol. The highest BCUT2D eigenvalue weighted by Crippen LogP contribution is 2.34. The SMILES string of the molecule is C=CC1=C(C(C)(C)C)CC=N1.C=Cc1cc(C(C)(C)C)ccn1.C=Cc1cnsc1C(C)(C)C.C=Cc1nc[nH]c1C(C)(C)C.C=Cc1ncoc1C(C)(C)C. The first kappa shape index (κ1) is 49.3. The third-order valence-electron chi connectivity index (χ3n) is 8.37. The van der Waals surface area contributed by atoms with E-state index < -0.39 is 0 Å². The maximum Gasteiger partial charge on any atom is 0.181 e. The Morgan fingerprint density at radius 1 is 0.679 bits per heavy atom. The Labute approximate surface area is 343 Å². The Morgan fingerprint density at radius 2 is 1.30 bits per heavy atom. The summed E-state index contributed by atoms with van der Waals surface area (Å²) in [6, 6.07) is 4.12. The van der Waals surface area contributed by atoms with E-state index in [2.05, 4.69) is 172 Å². The van der Waals surface area contributed by atoms with Crippen molar-refractivity contribution in [2.45, 2.75) is 132 Å². The summed E-state index contributed by atoms with van der Waals surface area (Å²) in [6.07, 6.45) is 18.8. The van der Waals surface area contributed by atoms with Crippen LogP contribution in [0.5, 0.6) is 0 Å². The van der Waals surface area contributed by atoms with Crippen LogP contribution in [0.25, 0.3) is 24.3 Å². The lowest BCUT2D eigenvalue weighted by Gasteiger charge is -2.20. The van der Waals surface area contributed by atoms with Gasteiger partial charge in [0.15, 0.2) is 6.39 Å². The van der Waals surface area contributed by atoms with Crippen LogP contribution in [-0.2, 0) is 21.7 Å². The van der Waals surface area contributed by atoms with Crippen LogP contribution in [0.2, 0.25) is 0 Å². The molecule has 4 aromatic rings. The molecule has 0 unspecified atom stereocenters. The average molecular weight is 779 g/mol. The van der Waals surface area contributed by atoms with Crippen molar-refractivity contribution in [3.05, 3.63) is 132 Å². The minimum Gasteiger partial charge on any atom is -0.447 e. The van der Waals surface area contributed by atoms with Gasteiger partial charge in [0, 0.05) is 52.0 Å². The molecule has 0 atom stereocenters. The molecule has 5 heterocycles. The normalized spacial score (nSPS) is 12.7. The number of oxazole rings is 1. The Kier molecular flexibility index (Phi) is 18.5. The van der Waals surface area contributed by atoms with Crippen LogP contribution in [0, 0.1) is 5.41 Å². The molecule has 1 aliphatic rings. The molecule has 5 rings (SSSR count). The number of H-pyrrole nitrogens is 1. The van der Waals surface area contributed by atoms with Crippen LogP contribution >= 0.6 is 11.5 Å². The molecule has 0 bridgehead atoms. The number of nitrogens with one attached hydrogen (secondary N) is 1. The highest BCUT2D eigenvalue weighted by molar-refractivity contribution is 7.06. The molecule has 0 fully saturated rings. The third kappa shape index (κ3) is 15.8. The number of pyridine rings is 1. The Morgan fingerprint density at radius 3 is 1.70 bits per heavy atom. The molecule has 8 heteroatoms. The summed E-state index contributed by atoms with van der Waals surface area (Å²) >= 11 is 1.56. The molecule has 0 aromatic carbocycles. The molecular formula is C48H70N6OS. The molecule has 4 aromatic heterocycles. The second kappa shape index (κ2) is 21.0. The molecule has 0 amide bonds. The highest BCUT2D eigenvalue weighted by atomic mass is 32.1. The molecule has 0 saturated carbocycles. The zero-order chi connectivity index (χ0) is 43.1. The maximum atomic E-state index is 5.24. The van der Waals surface area contributed by atoms with Gasteiger partial charge in [0.25, 0.3) is 0 Å². The van der Waals surface area contributed by atoms with Gasteiger partial charge in [-0.25, -0.2) is 14.3 Å². The largest absolute Gasteiger partial charge is 0.447 e. The lowest BCUT2D eigenvalue weighted by Crippen LogP contribution is -2.13. The van der Waals surface area contributed by atoms with Crippen LogP contribution in [0.1, 0.15) is 155 Å². The number of rotatable bonds is 5. The quantitative estimate of drug-likeness (QED) is 0.218. The van der Waals surface area contributed by atoms with Crippen LogP contribution in [0.15, 0.2) is 96.9 Å². The van der Waals surface area contributed by atoms with Gasteiger partial charge in [0.2, 0.25) is 0 Å². The number of nitrogens with zero attached hydrogens (tertiary/aromatic N) is 5. The van der Waals surface area contributed by atoms with Crippen LogP contribution in [0.4, 0.5) is 0 Å². The lowest BCUT2D eigenvalue weighted by molar-refractivity contribution is 0.407. The van der Waals surface area contributed by atoms with Gasteiger partial charge in [-0.2, -0.15) is 0 Å². The van der Waals surface area contributed by atoms with Crippen molar-refractivity contribution in [2.75, 3.05) is 0 Å². The number of aromatic amines is 1. The first-order chi connectivity index (χ1) is 25.8. The fourth-order valence-corrected chi connectivity index (χ4v) is 6.08. The number of aromatic nitrogens is 5. The Hall–Kier alpha value is -4.69. The van der Waals surface area contributed by atoms with Crippen molar-refractivity contribution in [3.63, 3.8) is 0 Å². The second-order valence-electron chi connectivity index (χ2n) is 18.5. The minimum absolute atomic E-state index is 0.0139. The average Bonchev–Trinajstić information content (AvgIpc) is 3.94. The highest BCUT2D eigenvalue weighted by Gasteiger charge is 2.23. The van der Waals surface area contributed by atoms with Gasteiger partial charge in [0.05, 0.1) is 23.4 Å². The minimum atomic E-state index is 0.0139. The number of aliphatic imine (C=N–C) groups is 1. The second-order valence-corrected chi connectivity index (χ2v) is 19.3. The number of imidazole rings is 1. The van der Waals surface area contributed by atoms with Gasteiger partial charge in [-0.05, 0) is 75.4 Å². The van der Waals surface area contributed by atoms with Crippen molar-refractivity contribution in [1.29, 1.82) is 0 Å². The summed E-state index contributed by atoms with van der Waals surface area (Å²) in [7, 11) is 0. The van der Waals surface area contributed by atoms with Gasteiger partial charge in [-0.15, -0.1) is 0 Å². The zero-order valence-electron chi connectivity index (χ0n) is 37.2. The molecule has 1 N–H and O–H groups in total. The zero-order valence-corrected chi connectivity index (χ0v) is 38.0. The van der Waals surface area contributed by atoms with Crippen molar-refractivity contribution in [2.24, 2.45) is 10.4 Å². The van der Waals surface area contributed by atoms with E-state index in [1.807, 2.05) is 36.8 Å².